The molecule has 3 amide bonds. The number of carbonyl (C=O) groups excluding carboxylic acids is 3. The molecule has 2 heterocycles. The molecule has 1 aromatic carbocycles. The van der Waals surface area contributed by atoms with Gasteiger partial charge in [-0.1, -0.05) is 0 Å². The van der Waals surface area contributed by atoms with Crippen molar-refractivity contribution in [2.75, 3.05) is 18.2 Å². The second-order valence-corrected chi connectivity index (χ2v) is 6.18. The molecule has 1 unspecified atom stereocenters. The lowest BCUT2D eigenvalue weighted by molar-refractivity contribution is -0.153. The van der Waals surface area contributed by atoms with Gasteiger partial charge < -0.3 is 15.7 Å². The summed E-state index contributed by atoms with van der Waals surface area (Å²) in [6, 6.07) is 1.57. The molecule has 0 aliphatic carbocycles. The fraction of sp³-hybridized carbons (Fsp3) is 0.438. The monoisotopic (exact) mass is 353 g/mol. The number of likely N-dealkylation sites (tertiary alicyclic amines) is 1. The van der Waals surface area contributed by atoms with Gasteiger partial charge in [-0.15, -0.1) is 0 Å². The SMILES string of the molecule is N[C@H]1CC(=O)N(c2cc(F)c(C3CCC(=O)N(CO)C3=O)c(F)c2)C1. The van der Waals surface area contributed by atoms with Crippen molar-refractivity contribution in [1.29, 1.82) is 0 Å². The van der Waals surface area contributed by atoms with Crippen molar-refractivity contribution in [3.8, 4) is 0 Å². The summed E-state index contributed by atoms with van der Waals surface area (Å²) >= 11 is 0. The average Bonchev–Trinajstić information content (AvgIpc) is 2.87. The van der Waals surface area contributed by atoms with Crippen molar-refractivity contribution in [3.63, 3.8) is 0 Å². The van der Waals surface area contributed by atoms with Crippen LogP contribution in [0.3, 0.4) is 0 Å². The molecular formula is C16H17F2N3O4. The van der Waals surface area contributed by atoms with Gasteiger partial charge in [-0.05, 0) is 18.6 Å². The summed E-state index contributed by atoms with van der Waals surface area (Å²) in [5, 5.41) is 9.12. The van der Waals surface area contributed by atoms with Crippen molar-refractivity contribution < 1.29 is 28.3 Å². The molecule has 2 atom stereocenters. The van der Waals surface area contributed by atoms with Gasteiger partial charge in [0.25, 0.3) is 0 Å². The molecule has 0 aromatic heterocycles. The van der Waals surface area contributed by atoms with E-state index < -0.39 is 47.7 Å². The second-order valence-electron chi connectivity index (χ2n) is 6.18. The quantitative estimate of drug-likeness (QED) is 0.756. The summed E-state index contributed by atoms with van der Waals surface area (Å²) in [7, 11) is 0. The summed E-state index contributed by atoms with van der Waals surface area (Å²) < 4.78 is 29.1. The summed E-state index contributed by atoms with van der Waals surface area (Å²) in [4.78, 5) is 37.4. The number of rotatable bonds is 3. The number of nitrogens with two attached hydrogens (primary N) is 1. The number of anilines is 1. The Labute approximate surface area is 142 Å². The van der Waals surface area contributed by atoms with Crippen molar-refractivity contribution in [3.05, 3.63) is 29.3 Å². The molecule has 3 rings (SSSR count). The highest BCUT2D eigenvalue weighted by Gasteiger charge is 2.38. The number of aliphatic hydroxyl groups excluding tert-OH is 1. The number of aliphatic hydroxyl groups is 1. The predicted molar refractivity (Wildman–Crippen MR) is 82.2 cm³/mol. The third kappa shape index (κ3) is 3.00. The van der Waals surface area contributed by atoms with Crippen LogP contribution in [-0.4, -0.2) is 47.0 Å². The van der Waals surface area contributed by atoms with Crippen LogP contribution in [0.4, 0.5) is 14.5 Å². The molecule has 2 aliphatic rings. The van der Waals surface area contributed by atoms with Gasteiger partial charge in [0.2, 0.25) is 17.7 Å². The van der Waals surface area contributed by atoms with Crippen LogP contribution in [0.25, 0.3) is 0 Å². The highest BCUT2D eigenvalue weighted by atomic mass is 19.1. The second kappa shape index (κ2) is 6.49. The first-order chi connectivity index (χ1) is 11.8. The number of carbonyl (C=O) groups is 3. The maximum atomic E-state index is 14.5. The van der Waals surface area contributed by atoms with E-state index in [9.17, 15) is 23.2 Å². The molecule has 0 saturated carbocycles. The van der Waals surface area contributed by atoms with Crippen LogP contribution < -0.4 is 10.6 Å². The summed E-state index contributed by atoms with van der Waals surface area (Å²) in [5.74, 6) is -4.91. The number of nitrogens with zero attached hydrogens (tertiary/aromatic N) is 2. The Hall–Kier alpha value is -2.39. The Balaban J connectivity index is 1.95. The average molecular weight is 353 g/mol. The molecule has 3 N–H and O–H groups in total. The fourth-order valence-corrected chi connectivity index (χ4v) is 3.30. The Morgan fingerprint density at radius 3 is 2.32 bits per heavy atom. The smallest absolute Gasteiger partial charge is 0.238 e. The first-order valence-corrected chi connectivity index (χ1v) is 7.83. The van der Waals surface area contributed by atoms with Crippen LogP contribution in [0.1, 0.15) is 30.7 Å². The number of hydrogen-bond acceptors (Lipinski definition) is 5. The van der Waals surface area contributed by atoms with Crippen LogP contribution in [-0.2, 0) is 14.4 Å². The summed E-state index contributed by atoms with van der Waals surface area (Å²) in [6.07, 6.45) is -0.0500. The molecule has 2 fully saturated rings. The maximum Gasteiger partial charge on any atom is 0.238 e. The zero-order valence-corrected chi connectivity index (χ0v) is 13.2. The Kier molecular flexibility index (Phi) is 4.53. The van der Waals surface area contributed by atoms with Gasteiger partial charge in [-0.2, -0.15) is 0 Å². The standard InChI is InChI=1S/C16H17F2N3O4/c17-11-4-9(20-6-8(19)3-14(20)24)5-12(18)15(11)10-1-2-13(23)21(7-22)16(10)25/h4-5,8,10,22H,1-3,6-7,19H2/t8-,10?/m0/s1. The van der Waals surface area contributed by atoms with Gasteiger partial charge in [0.15, 0.2) is 0 Å². The normalized spacial score (nSPS) is 24.4. The fourth-order valence-electron chi connectivity index (χ4n) is 3.30. The van der Waals surface area contributed by atoms with Crippen molar-refractivity contribution in [2.45, 2.75) is 31.2 Å². The Morgan fingerprint density at radius 2 is 1.80 bits per heavy atom. The topological polar surface area (TPSA) is 104 Å². The summed E-state index contributed by atoms with van der Waals surface area (Å²) in [6.45, 7) is -0.679. The minimum Gasteiger partial charge on any atom is -0.376 e. The molecule has 0 bridgehead atoms. The lowest BCUT2D eigenvalue weighted by atomic mass is 9.88. The first kappa shape index (κ1) is 17.4. The minimum absolute atomic E-state index is 0.0371. The molecule has 134 valence electrons. The Morgan fingerprint density at radius 1 is 1.16 bits per heavy atom. The van der Waals surface area contributed by atoms with E-state index in [1.54, 1.807) is 0 Å². The molecule has 0 radical (unpaired) electrons. The van der Waals surface area contributed by atoms with Crippen LogP contribution >= 0.6 is 0 Å². The molecule has 2 aliphatic heterocycles. The summed E-state index contributed by atoms with van der Waals surface area (Å²) in [5.41, 5.74) is 5.26. The van der Waals surface area contributed by atoms with Gasteiger partial charge in [0, 0.05) is 36.7 Å². The van der Waals surface area contributed by atoms with E-state index in [2.05, 4.69) is 0 Å². The molecule has 2 saturated heterocycles. The van der Waals surface area contributed by atoms with E-state index in [1.807, 2.05) is 0 Å². The van der Waals surface area contributed by atoms with Crippen molar-refractivity contribution >= 4 is 23.4 Å². The minimum atomic E-state index is -1.20. The number of benzene rings is 1. The molecule has 9 heteroatoms. The maximum absolute atomic E-state index is 14.5. The number of amides is 3. The largest absolute Gasteiger partial charge is 0.376 e. The van der Waals surface area contributed by atoms with E-state index in [-0.39, 0.29) is 37.4 Å². The van der Waals surface area contributed by atoms with Crippen LogP contribution in [0.15, 0.2) is 12.1 Å². The molecule has 0 spiro atoms. The van der Waals surface area contributed by atoms with Gasteiger partial charge in [-0.25, -0.2) is 8.78 Å². The number of halogens is 2. The highest BCUT2D eigenvalue weighted by molar-refractivity contribution is 6.01. The number of piperidine rings is 1. The lowest BCUT2D eigenvalue weighted by Gasteiger charge is -2.30. The third-order valence-electron chi connectivity index (χ3n) is 4.53. The van der Waals surface area contributed by atoms with Crippen LogP contribution in [0, 0.1) is 11.6 Å². The third-order valence-corrected chi connectivity index (χ3v) is 4.53. The van der Waals surface area contributed by atoms with Gasteiger partial charge in [-0.3, -0.25) is 19.3 Å². The Bertz CT molecular complexity index is 732. The van der Waals surface area contributed by atoms with Gasteiger partial charge in [0.05, 0.1) is 5.92 Å². The van der Waals surface area contributed by atoms with Crippen molar-refractivity contribution in [1.82, 2.24) is 4.90 Å². The van der Waals surface area contributed by atoms with E-state index in [0.717, 1.165) is 12.1 Å². The zero-order valence-electron chi connectivity index (χ0n) is 13.2. The van der Waals surface area contributed by atoms with E-state index in [0.29, 0.717) is 4.90 Å². The van der Waals surface area contributed by atoms with Crippen molar-refractivity contribution in [2.24, 2.45) is 5.73 Å². The van der Waals surface area contributed by atoms with E-state index in [4.69, 9.17) is 10.8 Å². The predicted octanol–water partition coefficient (Wildman–Crippen LogP) is 0.211. The number of imide groups is 1. The van der Waals surface area contributed by atoms with Gasteiger partial charge >= 0.3 is 0 Å². The molecular weight excluding hydrogens is 336 g/mol. The van der Waals surface area contributed by atoms with E-state index in [1.165, 1.54) is 4.90 Å². The molecule has 25 heavy (non-hydrogen) atoms. The van der Waals surface area contributed by atoms with Crippen LogP contribution in [0.2, 0.25) is 0 Å². The van der Waals surface area contributed by atoms with E-state index >= 15 is 0 Å². The molecule has 1 aromatic rings. The first-order valence-electron chi connectivity index (χ1n) is 7.83. The lowest BCUT2D eigenvalue weighted by Crippen LogP contribution is -2.45. The van der Waals surface area contributed by atoms with Gasteiger partial charge in [0.1, 0.15) is 18.4 Å². The highest BCUT2D eigenvalue weighted by Crippen LogP contribution is 2.35. The number of hydrogen-bond donors (Lipinski definition) is 2. The van der Waals surface area contributed by atoms with Crippen LogP contribution in [0.5, 0.6) is 0 Å². The zero-order chi connectivity index (χ0) is 18.3. The molecule has 7 nitrogen and oxygen atoms in total.